The molecule has 1 N–H and O–H groups in total. The first-order valence-electron chi connectivity index (χ1n) is 8.49. The maximum absolute atomic E-state index is 13.0. The number of carbonyl (C=O) groups is 1. The molecule has 1 saturated heterocycles. The molecule has 1 amide bonds. The van der Waals surface area contributed by atoms with Gasteiger partial charge in [0.15, 0.2) is 0 Å². The molecule has 26 heavy (non-hydrogen) atoms. The minimum absolute atomic E-state index is 0.0515. The summed E-state index contributed by atoms with van der Waals surface area (Å²) in [6.45, 7) is 4.17. The Morgan fingerprint density at radius 1 is 1.00 bits per heavy atom. The maximum atomic E-state index is 13.0. The topological polar surface area (TPSA) is 35.6 Å². The number of hydrogen-bond acceptors (Lipinski definition) is 3. The van der Waals surface area contributed by atoms with Crippen LogP contribution in [0.2, 0.25) is 10.0 Å². The lowest BCUT2D eigenvalue weighted by Gasteiger charge is -2.36. The van der Waals surface area contributed by atoms with Crippen molar-refractivity contribution in [2.45, 2.75) is 6.42 Å². The number of benzene rings is 2. The van der Waals surface area contributed by atoms with Gasteiger partial charge in [-0.25, -0.2) is 4.39 Å². The van der Waals surface area contributed by atoms with Crippen molar-refractivity contribution in [1.82, 2.24) is 4.90 Å². The molecule has 7 heteroatoms. The first-order chi connectivity index (χ1) is 12.5. The number of hydrogen-bond donors (Lipinski definition) is 1. The predicted octanol–water partition coefficient (Wildman–Crippen LogP) is 4.28. The van der Waals surface area contributed by atoms with E-state index < -0.39 is 0 Å². The molecule has 138 valence electrons. The van der Waals surface area contributed by atoms with Crippen molar-refractivity contribution in [2.24, 2.45) is 0 Å². The van der Waals surface area contributed by atoms with E-state index in [0.29, 0.717) is 28.7 Å². The van der Waals surface area contributed by atoms with Crippen LogP contribution in [0.1, 0.15) is 6.42 Å². The van der Waals surface area contributed by atoms with Gasteiger partial charge in [-0.05, 0) is 42.5 Å². The molecule has 2 aromatic carbocycles. The van der Waals surface area contributed by atoms with Crippen LogP contribution in [0.3, 0.4) is 0 Å². The van der Waals surface area contributed by atoms with Crippen LogP contribution >= 0.6 is 23.2 Å². The van der Waals surface area contributed by atoms with Crippen molar-refractivity contribution in [3.63, 3.8) is 0 Å². The van der Waals surface area contributed by atoms with Gasteiger partial charge in [0.1, 0.15) is 5.82 Å². The van der Waals surface area contributed by atoms with Gasteiger partial charge in [-0.1, -0.05) is 23.2 Å². The van der Waals surface area contributed by atoms with Crippen LogP contribution < -0.4 is 10.2 Å². The summed E-state index contributed by atoms with van der Waals surface area (Å²) in [6, 6.07) is 11.6. The Bertz CT molecular complexity index is 762. The minimum Gasteiger partial charge on any atom is -0.369 e. The van der Waals surface area contributed by atoms with Gasteiger partial charge in [0.25, 0.3) is 0 Å². The van der Waals surface area contributed by atoms with Crippen LogP contribution in [0.5, 0.6) is 0 Å². The third kappa shape index (κ3) is 5.10. The summed E-state index contributed by atoms with van der Waals surface area (Å²) >= 11 is 11.8. The second-order valence-electron chi connectivity index (χ2n) is 6.23. The molecule has 0 radical (unpaired) electrons. The first kappa shape index (κ1) is 19.0. The van der Waals surface area contributed by atoms with Crippen LogP contribution in [0.4, 0.5) is 15.8 Å². The van der Waals surface area contributed by atoms with E-state index in [1.165, 1.54) is 12.1 Å². The zero-order valence-corrected chi connectivity index (χ0v) is 15.7. The number of amides is 1. The Morgan fingerprint density at radius 2 is 1.69 bits per heavy atom. The van der Waals surface area contributed by atoms with Crippen molar-refractivity contribution < 1.29 is 9.18 Å². The van der Waals surface area contributed by atoms with Crippen molar-refractivity contribution in [3.8, 4) is 0 Å². The third-order valence-electron chi connectivity index (χ3n) is 4.42. The molecular weight excluding hydrogens is 376 g/mol. The average molecular weight is 396 g/mol. The highest BCUT2D eigenvalue weighted by molar-refractivity contribution is 6.42. The SMILES string of the molecule is O=C(CCN1CCN(c2ccc(F)cc2)CC1)Nc1ccc(Cl)c(Cl)c1. The summed E-state index contributed by atoms with van der Waals surface area (Å²) < 4.78 is 13.0. The maximum Gasteiger partial charge on any atom is 0.225 e. The largest absolute Gasteiger partial charge is 0.369 e. The zero-order valence-electron chi connectivity index (χ0n) is 14.2. The van der Waals surface area contributed by atoms with Crippen LogP contribution in [-0.4, -0.2) is 43.5 Å². The second kappa shape index (κ2) is 8.71. The lowest BCUT2D eigenvalue weighted by molar-refractivity contribution is -0.116. The Kier molecular flexibility index (Phi) is 6.35. The van der Waals surface area contributed by atoms with E-state index in [1.54, 1.807) is 30.3 Å². The van der Waals surface area contributed by atoms with Crippen LogP contribution in [-0.2, 0) is 4.79 Å². The second-order valence-corrected chi connectivity index (χ2v) is 7.05. The van der Waals surface area contributed by atoms with Gasteiger partial charge in [-0.15, -0.1) is 0 Å². The Hall–Kier alpha value is -1.82. The number of nitrogens with zero attached hydrogens (tertiary/aromatic N) is 2. The van der Waals surface area contributed by atoms with Gasteiger partial charge >= 0.3 is 0 Å². The fourth-order valence-electron chi connectivity index (χ4n) is 2.94. The molecular formula is C19H20Cl2FN3O. The monoisotopic (exact) mass is 395 g/mol. The van der Waals surface area contributed by atoms with Crippen molar-refractivity contribution >= 4 is 40.5 Å². The van der Waals surface area contributed by atoms with Gasteiger partial charge in [0.2, 0.25) is 5.91 Å². The molecule has 0 spiro atoms. The van der Waals surface area contributed by atoms with Gasteiger partial charge in [-0.2, -0.15) is 0 Å². The lowest BCUT2D eigenvalue weighted by atomic mass is 10.2. The minimum atomic E-state index is -0.222. The number of piperazine rings is 1. The highest BCUT2D eigenvalue weighted by Gasteiger charge is 2.18. The van der Waals surface area contributed by atoms with Gasteiger partial charge < -0.3 is 10.2 Å². The highest BCUT2D eigenvalue weighted by atomic mass is 35.5. The fraction of sp³-hybridized carbons (Fsp3) is 0.316. The van der Waals surface area contributed by atoms with E-state index in [1.807, 2.05) is 0 Å². The molecule has 2 aromatic rings. The van der Waals surface area contributed by atoms with Crippen LogP contribution in [0.25, 0.3) is 0 Å². The fourth-order valence-corrected chi connectivity index (χ4v) is 3.24. The number of rotatable bonds is 5. The Labute approximate surface area is 162 Å². The normalized spacial score (nSPS) is 15.1. The molecule has 0 aromatic heterocycles. The average Bonchev–Trinajstić information content (AvgIpc) is 2.64. The summed E-state index contributed by atoms with van der Waals surface area (Å²) in [4.78, 5) is 16.6. The van der Waals surface area contributed by atoms with Gasteiger partial charge in [0.05, 0.1) is 10.0 Å². The predicted molar refractivity (Wildman–Crippen MR) is 105 cm³/mol. The molecule has 0 saturated carbocycles. The van der Waals surface area contributed by atoms with Crippen LogP contribution in [0, 0.1) is 5.82 Å². The smallest absolute Gasteiger partial charge is 0.225 e. The summed E-state index contributed by atoms with van der Waals surface area (Å²) in [5.74, 6) is -0.273. The molecule has 4 nitrogen and oxygen atoms in total. The number of halogens is 3. The van der Waals surface area contributed by atoms with Crippen LogP contribution in [0.15, 0.2) is 42.5 Å². The molecule has 0 atom stereocenters. The zero-order chi connectivity index (χ0) is 18.5. The standard InChI is InChI=1S/C19H20Cl2FN3O/c20-17-6-3-15(13-18(17)21)23-19(26)7-8-24-9-11-25(12-10-24)16-4-1-14(22)2-5-16/h1-6,13H,7-12H2,(H,23,26). The highest BCUT2D eigenvalue weighted by Crippen LogP contribution is 2.25. The van der Waals surface area contributed by atoms with E-state index in [-0.39, 0.29) is 11.7 Å². The van der Waals surface area contributed by atoms with E-state index >= 15 is 0 Å². The van der Waals surface area contributed by atoms with Crippen molar-refractivity contribution in [2.75, 3.05) is 42.9 Å². The Morgan fingerprint density at radius 3 is 2.35 bits per heavy atom. The van der Waals surface area contributed by atoms with Crippen molar-refractivity contribution in [1.29, 1.82) is 0 Å². The van der Waals surface area contributed by atoms with E-state index in [9.17, 15) is 9.18 Å². The lowest BCUT2D eigenvalue weighted by Crippen LogP contribution is -2.47. The first-order valence-corrected chi connectivity index (χ1v) is 9.24. The van der Waals surface area contributed by atoms with Gasteiger partial charge in [0, 0.05) is 50.5 Å². The quantitative estimate of drug-likeness (QED) is 0.820. The molecule has 3 rings (SSSR count). The number of anilines is 2. The Balaban J connectivity index is 1.42. The summed E-state index contributed by atoms with van der Waals surface area (Å²) in [5.41, 5.74) is 1.67. The number of nitrogens with one attached hydrogen (secondary N) is 1. The summed E-state index contributed by atoms with van der Waals surface area (Å²) in [7, 11) is 0. The molecule has 0 bridgehead atoms. The van der Waals surface area contributed by atoms with E-state index in [0.717, 1.165) is 31.9 Å². The molecule has 0 aliphatic carbocycles. The molecule has 1 fully saturated rings. The number of carbonyl (C=O) groups excluding carboxylic acids is 1. The van der Waals surface area contributed by atoms with E-state index in [2.05, 4.69) is 15.1 Å². The molecule has 0 unspecified atom stereocenters. The van der Waals surface area contributed by atoms with Crippen molar-refractivity contribution in [3.05, 3.63) is 58.3 Å². The molecule has 1 aliphatic rings. The summed E-state index contributed by atoms with van der Waals surface area (Å²) in [5, 5.41) is 3.71. The molecule has 1 aliphatic heterocycles. The molecule has 1 heterocycles. The third-order valence-corrected chi connectivity index (χ3v) is 5.16. The summed E-state index contributed by atoms with van der Waals surface area (Å²) in [6.07, 6.45) is 0.413. The van der Waals surface area contributed by atoms with Gasteiger partial charge in [-0.3, -0.25) is 9.69 Å². The van der Waals surface area contributed by atoms with E-state index in [4.69, 9.17) is 23.2 Å².